The van der Waals surface area contributed by atoms with E-state index in [1.54, 1.807) is 14.2 Å². The number of urea groups is 1. The normalized spacial score (nSPS) is 11.7. The Balaban J connectivity index is 2.54. The molecule has 0 radical (unpaired) electrons. The highest BCUT2D eigenvalue weighted by molar-refractivity contribution is 5.94. The summed E-state index contributed by atoms with van der Waals surface area (Å²) in [5.74, 6) is 0.997. The van der Waals surface area contributed by atoms with Crippen LogP contribution in [0.5, 0.6) is 11.5 Å². The van der Waals surface area contributed by atoms with Gasteiger partial charge in [-0.1, -0.05) is 0 Å². The highest BCUT2D eigenvalue weighted by Crippen LogP contribution is 2.27. The summed E-state index contributed by atoms with van der Waals surface area (Å²) in [5.41, 5.74) is 1.01. The molecule has 3 amide bonds. The van der Waals surface area contributed by atoms with Crippen molar-refractivity contribution in [2.45, 2.75) is 26.4 Å². The molecule has 0 saturated heterocycles. The zero-order chi connectivity index (χ0) is 17.4. The number of hydrogen-bond acceptors (Lipinski definition) is 4. The van der Waals surface area contributed by atoms with E-state index in [0.29, 0.717) is 18.0 Å². The van der Waals surface area contributed by atoms with Crippen LogP contribution in [0.3, 0.4) is 0 Å². The molecule has 23 heavy (non-hydrogen) atoms. The largest absolute Gasteiger partial charge is 0.493 e. The second-order valence-electron chi connectivity index (χ2n) is 5.68. The van der Waals surface area contributed by atoms with Crippen molar-refractivity contribution >= 4 is 11.9 Å². The summed E-state index contributed by atoms with van der Waals surface area (Å²) in [6, 6.07) is 5.15. The third-order valence-corrected chi connectivity index (χ3v) is 3.09. The van der Waals surface area contributed by atoms with Gasteiger partial charge in [-0.3, -0.25) is 10.1 Å². The van der Waals surface area contributed by atoms with E-state index in [4.69, 9.17) is 9.47 Å². The maximum atomic E-state index is 11.8. The number of carbonyl (C=O) groups is 2. The van der Waals surface area contributed by atoms with Crippen LogP contribution in [0.2, 0.25) is 0 Å². The molecule has 0 aromatic heterocycles. The fourth-order valence-corrected chi connectivity index (χ4v) is 2.14. The first-order chi connectivity index (χ1) is 10.8. The van der Waals surface area contributed by atoms with Crippen LogP contribution in [0.15, 0.2) is 18.2 Å². The van der Waals surface area contributed by atoms with Gasteiger partial charge in [-0.05, 0) is 32.0 Å². The number of imide groups is 1. The summed E-state index contributed by atoms with van der Waals surface area (Å²) in [6.07, 6.45) is 0. The SMILES string of the molecule is COc1ccc(C[NH+](C)CC(=O)NC(=O)NC(C)C)cc1OC. The van der Waals surface area contributed by atoms with Gasteiger partial charge in [-0.15, -0.1) is 0 Å². The lowest BCUT2D eigenvalue weighted by molar-refractivity contribution is -0.885. The van der Waals surface area contributed by atoms with Crippen LogP contribution in [0.25, 0.3) is 0 Å². The standard InChI is InChI=1S/C16H25N3O4/c1-11(2)17-16(21)18-15(20)10-19(3)9-12-6-7-13(22-4)14(8-12)23-5/h6-8,11H,9-10H2,1-5H3,(H2,17,18,20,21)/p+1. The summed E-state index contributed by atoms with van der Waals surface area (Å²) >= 11 is 0. The lowest BCUT2D eigenvalue weighted by Gasteiger charge is -2.15. The van der Waals surface area contributed by atoms with Gasteiger partial charge in [0, 0.05) is 11.6 Å². The second kappa shape index (κ2) is 8.99. The quantitative estimate of drug-likeness (QED) is 0.657. The van der Waals surface area contributed by atoms with Gasteiger partial charge in [-0.25, -0.2) is 4.79 Å². The van der Waals surface area contributed by atoms with Crippen molar-refractivity contribution in [2.75, 3.05) is 27.8 Å². The number of likely N-dealkylation sites (N-methyl/N-ethyl adjacent to an activating group) is 1. The van der Waals surface area contributed by atoms with Gasteiger partial charge in [-0.2, -0.15) is 0 Å². The molecule has 1 rings (SSSR count). The monoisotopic (exact) mass is 324 g/mol. The topological polar surface area (TPSA) is 81.1 Å². The summed E-state index contributed by atoms with van der Waals surface area (Å²) in [4.78, 5) is 24.2. The van der Waals surface area contributed by atoms with Crippen LogP contribution in [0, 0.1) is 0 Å². The molecule has 3 N–H and O–H groups in total. The minimum absolute atomic E-state index is 0.0142. The van der Waals surface area contributed by atoms with Gasteiger partial charge in [0.05, 0.1) is 21.3 Å². The maximum Gasteiger partial charge on any atom is 0.321 e. The van der Waals surface area contributed by atoms with Gasteiger partial charge >= 0.3 is 6.03 Å². The van der Waals surface area contributed by atoms with E-state index in [1.165, 1.54) is 0 Å². The van der Waals surface area contributed by atoms with Crippen molar-refractivity contribution in [3.8, 4) is 11.5 Å². The summed E-state index contributed by atoms with van der Waals surface area (Å²) < 4.78 is 10.5. The van der Waals surface area contributed by atoms with Crippen LogP contribution in [-0.4, -0.2) is 45.8 Å². The average Bonchev–Trinajstić information content (AvgIpc) is 2.45. The molecule has 0 fully saturated rings. The molecule has 1 atom stereocenters. The number of quaternary nitrogens is 1. The number of rotatable bonds is 7. The number of methoxy groups -OCH3 is 2. The predicted molar refractivity (Wildman–Crippen MR) is 86.8 cm³/mol. The van der Waals surface area contributed by atoms with Gasteiger partial charge in [0.1, 0.15) is 6.54 Å². The molecule has 1 unspecified atom stereocenters. The highest BCUT2D eigenvalue weighted by Gasteiger charge is 2.15. The maximum absolute atomic E-state index is 11.8. The van der Waals surface area contributed by atoms with E-state index < -0.39 is 6.03 Å². The Morgan fingerprint density at radius 3 is 2.39 bits per heavy atom. The Hall–Kier alpha value is -2.28. The molecular weight excluding hydrogens is 298 g/mol. The third kappa shape index (κ3) is 6.56. The number of hydrogen-bond donors (Lipinski definition) is 3. The van der Waals surface area contributed by atoms with E-state index >= 15 is 0 Å². The van der Waals surface area contributed by atoms with Crippen LogP contribution < -0.4 is 25.0 Å². The number of benzene rings is 1. The Morgan fingerprint density at radius 1 is 1.17 bits per heavy atom. The molecule has 1 aromatic rings. The fourth-order valence-electron chi connectivity index (χ4n) is 2.14. The van der Waals surface area contributed by atoms with Gasteiger partial charge in [0.25, 0.3) is 5.91 Å². The average molecular weight is 324 g/mol. The Bertz CT molecular complexity index is 546. The molecular formula is C16H26N3O4+. The Morgan fingerprint density at radius 2 is 1.83 bits per heavy atom. The molecule has 0 spiro atoms. The predicted octanol–water partition coefficient (Wildman–Crippen LogP) is -0.0473. The number of ether oxygens (including phenoxy) is 2. The molecule has 0 aliphatic heterocycles. The zero-order valence-electron chi connectivity index (χ0n) is 14.4. The van der Waals surface area contributed by atoms with Crippen molar-refractivity contribution < 1.29 is 24.0 Å². The number of nitrogens with one attached hydrogen (secondary N) is 3. The van der Waals surface area contributed by atoms with E-state index in [2.05, 4.69) is 10.6 Å². The smallest absolute Gasteiger partial charge is 0.321 e. The third-order valence-electron chi connectivity index (χ3n) is 3.09. The molecule has 7 nitrogen and oxygen atoms in total. The Labute approximate surface area is 136 Å². The molecule has 0 heterocycles. The van der Waals surface area contributed by atoms with E-state index in [0.717, 1.165) is 10.5 Å². The van der Waals surface area contributed by atoms with Crippen molar-refractivity contribution in [3.05, 3.63) is 23.8 Å². The molecule has 0 aliphatic rings. The lowest BCUT2D eigenvalue weighted by atomic mass is 10.2. The first-order valence-electron chi connectivity index (χ1n) is 7.48. The first kappa shape index (κ1) is 18.8. The minimum atomic E-state index is -0.469. The number of amides is 3. The minimum Gasteiger partial charge on any atom is -0.493 e. The van der Waals surface area contributed by atoms with Crippen LogP contribution in [0.1, 0.15) is 19.4 Å². The van der Waals surface area contributed by atoms with Crippen molar-refractivity contribution in [1.29, 1.82) is 0 Å². The molecule has 1 aromatic carbocycles. The van der Waals surface area contributed by atoms with Crippen molar-refractivity contribution in [3.63, 3.8) is 0 Å². The van der Waals surface area contributed by atoms with Crippen molar-refractivity contribution in [1.82, 2.24) is 10.6 Å². The molecule has 0 bridgehead atoms. The van der Waals surface area contributed by atoms with Crippen molar-refractivity contribution in [2.24, 2.45) is 0 Å². The first-order valence-corrected chi connectivity index (χ1v) is 7.48. The van der Waals surface area contributed by atoms with E-state index in [-0.39, 0.29) is 18.5 Å². The van der Waals surface area contributed by atoms with Crippen LogP contribution in [0.4, 0.5) is 4.79 Å². The molecule has 0 saturated carbocycles. The number of carbonyl (C=O) groups excluding carboxylic acids is 2. The van der Waals surface area contributed by atoms with Crippen LogP contribution >= 0.6 is 0 Å². The van der Waals surface area contributed by atoms with Gasteiger partial charge in [0.2, 0.25) is 0 Å². The highest BCUT2D eigenvalue weighted by atomic mass is 16.5. The van der Waals surface area contributed by atoms with Gasteiger partial charge < -0.3 is 19.7 Å². The van der Waals surface area contributed by atoms with Crippen LogP contribution in [-0.2, 0) is 11.3 Å². The summed E-state index contributed by atoms with van der Waals surface area (Å²) in [5, 5.41) is 4.93. The lowest BCUT2D eigenvalue weighted by Crippen LogP contribution is -3.09. The fraction of sp³-hybridized carbons (Fsp3) is 0.500. The molecule has 0 aliphatic carbocycles. The molecule has 7 heteroatoms. The second-order valence-corrected chi connectivity index (χ2v) is 5.68. The van der Waals surface area contributed by atoms with E-state index in [9.17, 15) is 9.59 Å². The summed E-state index contributed by atoms with van der Waals surface area (Å²) in [7, 11) is 5.05. The Kier molecular flexibility index (Phi) is 7.34. The summed E-state index contributed by atoms with van der Waals surface area (Å²) in [6.45, 7) is 4.48. The molecule has 128 valence electrons. The zero-order valence-corrected chi connectivity index (χ0v) is 14.4. The van der Waals surface area contributed by atoms with Gasteiger partial charge in [0.15, 0.2) is 18.0 Å². The van der Waals surface area contributed by atoms with E-state index in [1.807, 2.05) is 39.1 Å².